The summed E-state index contributed by atoms with van der Waals surface area (Å²) in [7, 11) is 0. The van der Waals surface area contributed by atoms with Gasteiger partial charge in [-0.3, -0.25) is 9.80 Å². The van der Waals surface area contributed by atoms with Gasteiger partial charge in [0.2, 0.25) is 11.8 Å². The number of rotatable bonds is 9. The number of nitrogens with one attached hydrogen (secondary N) is 2. The zero-order valence-corrected chi connectivity index (χ0v) is 36.8. The van der Waals surface area contributed by atoms with Crippen LogP contribution in [-0.4, -0.2) is 136 Å². The van der Waals surface area contributed by atoms with E-state index in [0.29, 0.717) is 23.6 Å². The molecule has 0 aliphatic carbocycles. The lowest BCUT2D eigenvalue weighted by atomic mass is 9.86. The molecule has 0 radical (unpaired) electrons. The van der Waals surface area contributed by atoms with Crippen LogP contribution in [0.3, 0.4) is 0 Å². The van der Waals surface area contributed by atoms with Crippen molar-refractivity contribution >= 4 is 71.0 Å². The van der Waals surface area contributed by atoms with Crippen molar-refractivity contribution in [2.24, 2.45) is 11.8 Å². The Morgan fingerprint density at radius 3 is 1.33 bits per heavy atom. The summed E-state index contributed by atoms with van der Waals surface area (Å²) in [6.07, 6.45) is 4.87. The summed E-state index contributed by atoms with van der Waals surface area (Å²) in [6, 6.07) is 24.6. The van der Waals surface area contributed by atoms with Gasteiger partial charge >= 0.3 is 11.9 Å². The Balaban J connectivity index is 0.000000183. The summed E-state index contributed by atoms with van der Waals surface area (Å²) >= 11 is 4.24. The first kappa shape index (κ1) is 46.0. The summed E-state index contributed by atoms with van der Waals surface area (Å²) < 4.78 is 12.2. The quantitative estimate of drug-likeness (QED) is 0.0828. The molecule has 18 heteroatoms. The number of fused-ring (bicyclic) bond motifs is 8. The standard InChI is InChI=1S/2C19H20N4O.C4H6O6.CH4.I2.H2/c2*1-2-16-15(5-8-20-16)11-14(1)17-3-4-19(22-21-17)24-18-12-23-9-6-13(18)7-10-23;5-1(3(7)8)2(6)4(9)10;;1-2;/h2*1-5,8,11,13,18,20H,6-7,9-10,12H2;1-2,5-6H,(H,7,8)(H,9,10);1H4;;1H/t;;1-,2-;;;/m..1.../s1. The first-order valence-corrected chi connectivity index (χ1v) is 26.0. The normalized spacial score (nSPS) is 23.1. The second-order valence-electron chi connectivity index (χ2n) is 15.2. The molecule has 326 valence electrons. The summed E-state index contributed by atoms with van der Waals surface area (Å²) in [4.78, 5) is 30.9. The van der Waals surface area contributed by atoms with Gasteiger partial charge in [-0.05, 0) is 112 Å². The van der Waals surface area contributed by atoms with Gasteiger partial charge in [0.1, 0.15) is 12.2 Å². The Kier molecular flexibility index (Phi) is 16.3. The SMILES string of the molecule is C.II.O=C(O)[C@H](O)[C@@H](O)C(=O)O.[HH].c1cc2cc(-c3ccc(OC4CN5CCC4CC5)nn3)ccc2[nH]1.c1cc2cc(-c3ccc(OC4CN5CCC4CC5)nn3)ccc2[nH]1. The molecule has 6 aromatic rings. The van der Waals surface area contributed by atoms with Crippen molar-refractivity contribution < 1.29 is 40.9 Å². The van der Waals surface area contributed by atoms with Crippen LogP contribution >= 0.6 is 37.2 Å². The number of carboxylic acid groups (broad SMARTS) is 2. The molecule has 12 rings (SSSR count). The van der Waals surface area contributed by atoms with Gasteiger partial charge in [0.25, 0.3) is 0 Å². The molecule has 4 atom stereocenters. The second kappa shape index (κ2) is 21.5. The van der Waals surface area contributed by atoms with Gasteiger partial charge in [-0.1, -0.05) is 19.6 Å². The lowest BCUT2D eigenvalue weighted by molar-refractivity contribution is -0.165. The van der Waals surface area contributed by atoms with Crippen LogP contribution in [0.15, 0.2) is 85.2 Å². The molecule has 0 spiro atoms. The zero-order valence-electron chi connectivity index (χ0n) is 32.5. The molecule has 16 nitrogen and oxygen atoms in total. The van der Waals surface area contributed by atoms with E-state index < -0.39 is 24.1 Å². The first-order chi connectivity index (χ1) is 29.2. The second-order valence-corrected chi connectivity index (χ2v) is 15.2. The van der Waals surface area contributed by atoms with Crippen LogP contribution in [0.2, 0.25) is 0 Å². The van der Waals surface area contributed by atoms with Crippen LogP contribution in [0.5, 0.6) is 11.8 Å². The number of aliphatic carboxylic acids is 2. The molecule has 6 aliphatic rings. The first-order valence-electron chi connectivity index (χ1n) is 19.7. The van der Waals surface area contributed by atoms with Gasteiger partial charge in [0.15, 0.2) is 12.2 Å². The van der Waals surface area contributed by atoms with E-state index in [2.05, 4.69) is 126 Å². The number of piperidine rings is 6. The third kappa shape index (κ3) is 11.5. The van der Waals surface area contributed by atoms with Crippen molar-refractivity contribution in [3.63, 3.8) is 0 Å². The molecule has 0 saturated carbocycles. The molecular formula is C43H52I2N8O8. The molecule has 6 saturated heterocycles. The topological polar surface area (TPSA) is 223 Å². The largest absolute Gasteiger partial charge is 0.479 e. The van der Waals surface area contributed by atoms with E-state index in [1.807, 2.05) is 36.7 Å². The number of aromatic nitrogens is 6. The van der Waals surface area contributed by atoms with Gasteiger partial charge in [-0.15, -0.1) is 20.4 Å². The van der Waals surface area contributed by atoms with Gasteiger partial charge < -0.3 is 39.9 Å². The lowest BCUT2D eigenvalue weighted by Crippen LogP contribution is -2.52. The molecule has 0 amide bonds. The number of aromatic amines is 2. The minimum Gasteiger partial charge on any atom is -0.479 e. The number of halogens is 2. The van der Waals surface area contributed by atoms with Gasteiger partial charge in [0.05, 0.1) is 11.4 Å². The van der Waals surface area contributed by atoms with Crippen molar-refractivity contribution in [2.75, 3.05) is 39.3 Å². The fourth-order valence-corrected chi connectivity index (χ4v) is 8.17. The van der Waals surface area contributed by atoms with E-state index in [0.717, 1.165) is 46.6 Å². The predicted octanol–water partition coefficient (Wildman–Crippen LogP) is 6.73. The van der Waals surface area contributed by atoms with E-state index in [-0.39, 0.29) is 21.1 Å². The number of benzene rings is 2. The maximum absolute atomic E-state index is 9.77. The number of hydrogen-bond donors (Lipinski definition) is 6. The van der Waals surface area contributed by atoms with Crippen molar-refractivity contribution in [3.8, 4) is 34.3 Å². The summed E-state index contributed by atoms with van der Waals surface area (Å²) in [5.74, 6) is -0.912. The van der Waals surface area contributed by atoms with Gasteiger partial charge in [0, 0.05) is 109 Å². The van der Waals surface area contributed by atoms with Crippen LogP contribution in [0, 0.1) is 11.8 Å². The number of aliphatic hydroxyl groups excluding tert-OH is 2. The number of aliphatic hydroxyl groups is 2. The minimum absolute atomic E-state index is 0. The summed E-state index contributed by atoms with van der Waals surface area (Å²) in [6.45, 7) is 6.93. The summed E-state index contributed by atoms with van der Waals surface area (Å²) in [5.41, 5.74) is 6.16. The highest BCUT2D eigenvalue weighted by Gasteiger charge is 2.37. The molecular weight excluding hydrogens is 1010 g/mol. The summed E-state index contributed by atoms with van der Waals surface area (Å²) in [5, 5.41) is 52.2. The highest BCUT2D eigenvalue weighted by atomic mass is 128. The Labute approximate surface area is 377 Å². The van der Waals surface area contributed by atoms with Crippen molar-refractivity contribution in [2.45, 2.75) is 57.5 Å². The van der Waals surface area contributed by atoms with Gasteiger partial charge in [-0.2, -0.15) is 0 Å². The third-order valence-electron chi connectivity index (χ3n) is 11.5. The van der Waals surface area contributed by atoms with Crippen molar-refractivity contribution in [1.29, 1.82) is 0 Å². The molecule has 61 heavy (non-hydrogen) atoms. The average Bonchev–Trinajstić information content (AvgIpc) is 3.98. The lowest BCUT2D eigenvalue weighted by Gasteiger charge is -2.44. The van der Waals surface area contributed by atoms with Gasteiger partial charge in [-0.25, -0.2) is 9.59 Å². The number of carboxylic acids is 2. The minimum atomic E-state index is -2.27. The Morgan fingerprint density at radius 2 is 1.02 bits per heavy atom. The Bertz CT molecular complexity index is 2170. The van der Waals surface area contributed by atoms with Crippen LogP contribution in [0.25, 0.3) is 44.3 Å². The smallest absolute Gasteiger partial charge is 0.335 e. The van der Waals surface area contributed by atoms with Crippen LogP contribution < -0.4 is 9.47 Å². The molecule has 2 aromatic carbocycles. The average molecular weight is 1060 g/mol. The van der Waals surface area contributed by atoms with Crippen molar-refractivity contribution in [3.05, 3.63) is 85.2 Å². The fraction of sp³-hybridized carbons (Fsp3) is 0.395. The molecule has 6 fully saturated rings. The molecule has 4 aromatic heterocycles. The van der Waals surface area contributed by atoms with Crippen LogP contribution in [0.4, 0.5) is 0 Å². The maximum Gasteiger partial charge on any atom is 0.335 e. The molecule has 10 heterocycles. The number of nitrogens with zero attached hydrogens (tertiary/aromatic N) is 6. The maximum atomic E-state index is 9.77. The molecule has 6 N–H and O–H groups in total. The van der Waals surface area contributed by atoms with E-state index in [1.165, 1.54) is 62.6 Å². The fourth-order valence-electron chi connectivity index (χ4n) is 8.17. The molecule has 6 aliphatic heterocycles. The highest BCUT2D eigenvalue weighted by molar-refractivity contribution is 15.0. The number of carbonyl (C=O) groups is 2. The van der Waals surface area contributed by atoms with Crippen LogP contribution in [-0.2, 0) is 9.59 Å². The molecule has 4 bridgehead atoms. The van der Waals surface area contributed by atoms with E-state index in [4.69, 9.17) is 29.9 Å². The molecule has 2 unspecified atom stereocenters. The number of H-pyrrole nitrogens is 2. The van der Waals surface area contributed by atoms with E-state index >= 15 is 0 Å². The van der Waals surface area contributed by atoms with Crippen LogP contribution in [0.1, 0.15) is 34.5 Å². The van der Waals surface area contributed by atoms with Crippen molar-refractivity contribution in [1.82, 2.24) is 40.2 Å². The van der Waals surface area contributed by atoms with E-state index in [9.17, 15) is 9.59 Å². The monoisotopic (exact) mass is 1060 g/mol. The third-order valence-corrected chi connectivity index (χ3v) is 11.5. The highest BCUT2D eigenvalue weighted by Crippen LogP contribution is 2.32. The Hall–Kier alpha value is -4.48. The van der Waals surface area contributed by atoms with E-state index in [1.54, 1.807) is 0 Å². The zero-order chi connectivity index (χ0) is 42.2. The number of hydrogen-bond acceptors (Lipinski definition) is 12. The number of ether oxygens (including phenoxy) is 2. The predicted molar refractivity (Wildman–Crippen MR) is 250 cm³/mol. The Morgan fingerprint density at radius 1 is 0.623 bits per heavy atom.